The Morgan fingerprint density at radius 2 is 1.93 bits per heavy atom. The molecule has 1 heterocycles. The zero-order valence-corrected chi connectivity index (χ0v) is 17.5. The molecule has 3 N–H and O–H groups in total. The van der Waals surface area contributed by atoms with Crippen molar-refractivity contribution >= 4 is 5.91 Å². The van der Waals surface area contributed by atoms with Gasteiger partial charge in [0, 0.05) is 12.1 Å². The van der Waals surface area contributed by atoms with E-state index in [9.17, 15) is 9.18 Å². The van der Waals surface area contributed by atoms with Gasteiger partial charge in [0.2, 0.25) is 5.91 Å². The highest BCUT2D eigenvalue weighted by Gasteiger charge is 2.31. The fourth-order valence-corrected chi connectivity index (χ4v) is 3.78. The Morgan fingerprint density at radius 1 is 1.25 bits per heavy atom. The quantitative estimate of drug-likeness (QED) is 0.747. The molecule has 0 spiro atoms. The summed E-state index contributed by atoms with van der Waals surface area (Å²) in [7, 11) is 0. The third-order valence-corrected chi connectivity index (χ3v) is 5.63. The van der Waals surface area contributed by atoms with Crippen LogP contribution < -0.4 is 15.8 Å². The maximum Gasteiger partial charge on any atom is 0.234 e. The molecule has 0 unspecified atom stereocenters. The first-order valence-electron chi connectivity index (χ1n) is 10.6. The van der Waals surface area contributed by atoms with Crippen LogP contribution in [0.2, 0.25) is 0 Å². The summed E-state index contributed by atoms with van der Waals surface area (Å²) < 4.78 is 19.0. The van der Waals surface area contributed by atoms with Gasteiger partial charge in [0.05, 0.1) is 13.2 Å². The summed E-state index contributed by atoms with van der Waals surface area (Å²) in [5, 5.41) is 3.12. The van der Waals surface area contributed by atoms with E-state index in [-0.39, 0.29) is 17.8 Å². The highest BCUT2D eigenvalue weighted by Crippen LogP contribution is 2.29. The third-order valence-electron chi connectivity index (χ3n) is 5.63. The molecule has 1 saturated carbocycles. The topological polar surface area (TPSA) is 67.6 Å². The highest BCUT2D eigenvalue weighted by molar-refractivity contribution is 5.78. The van der Waals surface area contributed by atoms with Crippen molar-refractivity contribution in [3.05, 3.63) is 29.6 Å². The van der Waals surface area contributed by atoms with E-state index in [1.165, 1.54) is 12.1 Å². The number of carbonyl (C=O) groups is 1. The molecule has 5 nitrogen and oxygen atoms in total. The summed E-state index contributed by atoms with van der Waals surface area (Å²) in [5.41, 5.74) is 6.64. The Balaban J connectivity index is 0.00000136. The number of rotatable bonds is 7. The molecule has 1 aromatic carbocycles. The van der Waals surface area contributed by atoms with E-state index in [1.807, 2.05) is 20.8 Å². The Kier molecular flexibility index (Phi) is 9.19. The van der Waals surface area contributed by atoms with Crippen LogP contribution >= 0.6 is 0 Å². The molecule has 0 aromatic heterocycles. The van der Waals surface area contributed by atoms with Crippen molar-refractivity contribution in [2.24, 2.45) is 17.6 Å². The van der Waals surface area contributed by atoms with Crippen LogP contribution in [-0.4, -0.2) is 49.6 Å². The Hall–Kier alpha value is -1.66. The molecule has 1 aliphatic heterocycles. The monoisotopic (exact) mass is 393 g/mol. The average Bonchev–Trinajstić information content (AvgIpc) is 2.68. The number of halogens is 1. The van der Waals surface area contributed by atoms with Gasteiger partial charge in [-0.15, -0.1) is 0 Å². The number of ether oxygens (including phenoxy) is 1. The zero-order valence-electron chi connectivity index (χ0n) is 17.5. The minimum absolute atomic E-state index is 0.113. The largest absolute Gasteiger partial charge is 0.493 e. The lowest BCUT2D eigenvalue weighted by molar-refractivity contribution is -0.124. The van der Waals surface area contributed by atoms with Crippen LogP contribution in [0, 0.1) is 24.6 Å². The molecule has 1 aliphatic carbocycles. The van der Waals surface area contributed by atoms with Crippen LogP contribution in [0.1, 0.15) is 45.1 Å². The SMILES string of the molecule is CC.Cc1ccc(F)cc1OCC1CC(NC(=O)CN2CCC(CN)CC2)C1. The molecule has 0 bridgehead atoms. The van der Waals surface area contributed by atoms with Crippen LogP contribution in [0.15, 0.2) is 18.2 Å². The summed E-state index contributed by atoms with van der Waals surface area (Å²) >= 11 is 0. The highest BCUT2D eigenvalue weighted by atomic mass is 19.1. The fraction of sp³-hybridized carbons (Fsp3) is 0.682. The number of nitrogens with one attached hydrogen (secondary N) is 1. The van der Waals surface area contributed by atoms with Crippen LogP contribution in [0.5, 0.6) is 5.75 Å². The van der Waals surface area contributed by atoms with Crippen LogP contribution in [0.25, 0.3) is 0 Å². The van der Waals surface area contributed by atoms with E-state index >= 15 is 0 Å². The van der Waals surface area contributed by atoms with Gasteiger partial charge in [-0.3, -0.25) is 9.69 Å². The number of piperidine rings is 1. The maximum absolute atomic E-state index is 13.3. The molecule has 1 aromatic rings. The molecule has 6 heteroatoms. The van der Waals surface area contributed by atoms with E-state index in [1.54, 1.807) is 6.07 Å². The lowest BCUT2D eigenvalue weighted by Crippen LogP contribution is -2.50. The molecule has 28 heavy (non-hydrogen) atoms. The second-order valence-electron chi connectivity index (χ2n) is 7.78. The molecule has 0 radical (unpaired) electrons. The van der Waals surface area contributed by atoms with Gasteiger partial charge in [-0.05, 0) is 75.7 Å². The van der Waals surface area contributed by atoms with Gasteiger partial charge in [-0.1, -0.05) is 19.9 Å². The number of carbonyl (C=O) groups excluding carboxylic acids is 1. The predicted molar refractivity (Wildman–Crippen MR) is 111 cm³/mol. The van der Waals surface area contributed by atoms with Crippen molar-refractivity contribution in [3.8, 4) is 5.75 Å². The smallest absolute Gasteiger partial charge is 0.234 e. The minimum atomic E-state index is -0.278. The summed E-state index contributed by atoms with van der Waals surface area (Å²) in [5.74, 6) is 1.48. The second-order valence-corrected chi connectivity index (χ2v) is 7.78. The third kappa shape index (κ3) is 6.74. The lowest BCUT2D eigenvalue weighted by Gasteiger charge is -2.37. The van der Waals surface area contributed by atoms with Crippen molar-refractivity contribution in [2.75, 3.05) is 32.8 Å². The van der Waals surface area contributed by atoms with Crippen LogP contribution in [0.4, 0.5) is 4.39 Å². The van der Waals surface area contributed by atoms with Crippen molar-refractivity contribution in [1.29, 1.82) is 0 Å². The first-order chi connectivity index (χ1) is 13.5. The van der Waals surface area contributed by atoms with Gasteiger partial charge in [0.25, 0.3) is 0 Å². The zero-order chi connectivity index (χ0) is 20.5. The molecule has 1 amide bonds. The predicted octanol–water partition coefficient (Wildman–Crippen LogP) is 3.10. The van der Waals surface area contributed by atoms with Crippen molar-refractivity contribution in [1.82, 2.24) is 10.2 Å². The molecule has 2 fully saturated rings. The molecular weight excluding hydrogens is 357 g/mol. The maximum atomic E-state index is 13.3. The van der Waals surface area contributed by atoms with Gasteiger partial charge in [-0.25, -0.2) is 4.39 Å². The minimum Gasteiger partial charge on any atom is -0.493 e. The van der Waals surface area contributed by atoms with Crippen LogP contribution in [-0.2, 0) is 4.79 Å². The number of hydrogen-bond donors (Lipinski definition) is 2. The molecule has 3 rings (SSSR count). The summed E-state index contributed by atoms with van der Waals surface area (Å²) in [6.45, 7) is 9.64. The van der Waals surface area contributed by atoms with Gasteiger partial charge in [0.15, 0.2) is 0 Å². The fourth-order valence-electron chi connectivity index (χ4n) is 3.78. The van der Waals surface area contributed by atoms with Gasteiger partial charge in [0.1, 0.15) is 11.6 Å². The first kappa shape index (κ1) is 22.6. The van der Waals surface area contributed by atoms with E-state index in [2.05, 4.69) is 10.2 Å². The van der Waals surface area contributed by atoms with Crippen LogP contribution in [0.3, 0.4) is 0 Å². The van der Waals surface area contributed by atoms with Gasteiger partial charge >= 0.3 is 0 Å². The molecular formula is C22H36FN3O2. The van der Waals surface area contributed by atoms with E-state index < -0.39 is 0 Å². The van der Waals surface area contributed by atoms with E-state index in [0.29, 0.717) is 30.7 Å². The second kappa shape index (κ2) is 11.4. The number of aryl methyl sites for hydroxylation is 1. The van der Waals surface area contributed by atoms with Gasteiger partial charge in [-0.2, -0.15) is 0 Å². The molecule has 1 saturated heterocycles. The molecule has 158 valence electrons. The molecule has 0 atom stereocenters. The first-order valence-corrected chi connectivity index (χ1v) is 10.6. The van der Waals surface area contributed by atoms with Crippen molar-refractivity contribution in [2.45, 2.75) is 52.5 Å². The number of likely N-dealkylation sites (tertiary alicyclic amines) is 1. The standard InChI is InChI=1S/C20H30FN3O2.C2H6/c1-14-2-3-17(21)10-19(14)26-13-16-8-18(9-16)23-20(25)12-24-6-4-15(11-22)5-7-24;1-2/h2-3,10,15-16,18H,4-9,11-13,22H2,1H3,(H,23,25);1-2H3. The normalized spacial score (nSPS) is 22.6. The number of nitrogens with zero attached hydrogens (tertiary/aromatic N) is 1. The van der Waals surface area contributed by atoms with E-state index in [0.717, 1.165) is 50.9 Å². The number of benzene rings is 1. The number of nitrogens with two attached hydrogens (primary N) is 1. The van der Waals surface area contributed by atoms with Crippen molar-refractivity contribution in [3.63, 3.8) is 0 Å². The summed E-state index contributed by atoms with van der Waals surface area (Å²) in [4.78, 5) is 14.4. The summed E-state index contributed by atoms with van der Waals surface area (Å²) in [6.07, 6.45) is 4.03. The summed E-state index contributed by atoms with van der Waals surface area (Å²) in [6, 6.07) is 4.84. The Labute approximate surface area is 168 Å². The van der Waals surface area contributed by atoms with Gasteiger partial charge < -0.3 is 15.8 Å². The number of amides is 1. The lowest BCUT2D eigenvalue weighted by atomic mass is 9.81. The van der Waals surface area contributed by atoms with Crippen molar-refractivity contribution < 1.29 is 13.9 Å². The molecule has 2 aliphatic rings. The average molecular weight is 394 g/mol. The van der Waals surface area contributed by atoms with E-state index in [4.69, 9.17) is 10.5 Å². The Bertz CT molecular complexity index is 612. The Morgan fingerprint density at radius 3 is 2.57 bits per heavy atom. The number of hydrogen-bond acceptors (Lipinski definition) is 4.